The Labute approximate surface area is 187 Å². The van der Waals surface area contributed by atoms with E-state index in [0.717, 1.165) is 26.6 Å². The van der Waals surface area contributed by atoms with E-state index in [2.05, 4.69) is 21.1 Å². The van der Waals surface area contributed by atoms with Gasteiger partial charge in [0, 0.05) is 21.2 Å². The van der Waals surface area contributed by atoms with Crippen LogP contribution in [0.3, 0.4) is 0 Å². The van der Waals surface area contributed by atoms with Crippen LogP contribution in [-0.2, 0) is 11.4 Å². The summed E-state index contributed by atoms with van der Waals surface area (Å²) >= 11 is 15.5. The standard InChI is InChI=1S/C22H18BrCl2NO3/c1-13(11-26-29-12-16-3-6-17(24)10-19(16)25)22(27)15-4-7-18-14(9-15)5-8-20(28-2)21(18)23/h3-11,13H,12H2,1-2H3/b26-11-/t13-/m0/s1. The fourth-order valence-corrected chi connectivity index (χ4v) is 3.91. The number of oxime groups is 1. The van der Waals surface area contributed by atoms with Crippen molar-refractivity contribution in [1.29, 1.82) is 0 Å². The van der Waals surface area contributed by atoms with E-state index in [4.69, 9.17) is 32.8 Å². The van der Waals surface area contributed by atoms with E-state index < -0.39 is 5.92 Å². The fraction of sp³-hybridized carbons (Fsp3) is 0.182. The number of Topliss-reactive ketones (excluding diaryl/α,β-unsaturated/α-hetero) is 1. The van der Waals surface area contributed by atoms with Crippen LogP contribution in [0.5, 0.6) is 5.75 Å². The van der Waals surface area contributed by atoms with Crippen molar-refractivity contribution in [1.82, 2.24) is 0 Å². The van der Waals surface area contributed by atoms with E-state index in [1.807, 2.05) is 24.3 Å². The van der Waals surface area contributed by atoms with Crippen LogP contribution in [-0.4, -0.2) is 19.1 Å². The fourth-order valence-electron chi connectivity index (χ4n) is 2.79. The topological polar surface area (TPSA) is 47.9 Å². The van der Waals surface area contributed by atoms with Gasteiger partial charge in [0.25, 0.3) is 0 Å². The largest absolute Gasteiger partial charge is 0.496 e. The Bertz CT molecular complexity index is 1090. The first kappa shape index (κ1) is 21.6. The van der Waals surface area contributed by atoms with E-state index in [1.54, 1.807) is 38.3 Å². The Morgan fingerprint density at radius 2 is 1.97 bits per heavy atom. The maximum absolute atomic E-state index is 12.7. The summed E-state index contributed by atoms with van der Waals surface area (Å²) in [5.41, 5.74) is 1.37. The lowest BCUT2D eigenvalue weighted by Crippen LogP contribution is -2.12. The molecule has 1 atom stereocenters. The normalized spacial score (nSPS) is 12.3. The van der Waals surface area contributed by atoms with Gasteiger partial charge in [0.1, 0.15) is 12.4 Å². The van der Waals surface area contributed by atoms with Crippen LogP contribution in [0.1, 0.15) is 22.8 Å². The van der Waals surface area contributed by atoms with Gasteiger partial charge < -0.3 is 9.57 Å². The molecule has 0 N–H and O–H groups in total. The van der Waals surface area contributed by atoms with Crippen LogP contribution in [0.25, 0.3) is 10.8 Å². The molecule has 3 aromatic carbocycles. The van der Waals surface area contributed by atoms with Crippen LogP contribution >= 0.6 is 39.1 Å². The van der Waals surface area contributed by atoms with E-state index in [9.17, 15) is 4.79 Å². The first-order valence-electron chi connectivity index (χ1n) is 8.80. The van der Waals surface area contributed by atoms with E-state index in [0.29, 0.717) is 15.6 Å². The van der Waals surface area contributed by atoms with E-state index in [1.165, 1.54) is 6.21 Å². The Balaban J connectivity index is 1.67. The predicted octanol–water partition coefficient (Wildman–Crippen LogP) is 6.94. The number of hydrogen-bond acceptors (Lipinski definition) is 4. The molecule has 150 valence electrons. The molecule has 3 rings (SSSR count). The maximum Gasteiger partial charge on any atom is 0.171 e. The van der Waals surface area contributed by atoms with Crippen molar-refractivity contribution >= 4 is 61.9 Å². The zero-order valence-electron chi connectivity index (χ0n) is 15.8. The molecule has 0 aliphatic heterocycles. The maximum atomic E-state index is 12.7. The van der Waals surface area contributed by atoms with Crippen molar-refractivity contribution in [3.8, 4) is 5.75 Å². The molecule has 7 heteroatoms. The van der Waals surface area contributed by atoms with Gasteiger partial charge in [-0.25, -0.2) is 0 Å². The molecule has 0 fully saturated rings. The molecule has 0 saturated carbocycles. The smallest absolute Gasteiger partial charge is 0.171 e. The molecule has 0 amide bonds. The second-order valence-corrected chi connectivity index (χ2v) is 8.07. The van der Waals surface area contributed by atoms with Crippen molar-refractivity contribution in [2.24, 2.45) is 11.1 Å². The molecule has 0 spiro atoms. The average molecular weight is 495 g/mol. The summed E-state index contributed by atoms with van der Waals surface area (Å²) in [4.78, 5) is 18.0. The van der Waals surface area contributed by atoms with Crippen LogP contribution in [0.15, 0.2) is 58.2 Å². The summed E-state index contributed by atoms with van der Waals surface area (Å²) in [5, 5.41) is 6.90. The average Bonchev–Trinajstić information content (AvgIpc) is 2.71. The highest BCUT2D eigenvalue weighted by molar-refractivity contribution is 9.10. The van der Waals surface area contributed by atoms with Crippen LogP contribution in [0, 0.1) is 5.92 Å². The minimum atomic E-state index is -0.435. The zero-order chi connectivity index (χ0) is 21.0. The molecule has 0 saturated heterocycles. The molecule has 29 heavy (non-hydrogen) atoms. The van der Waals surface area contributed by atoms with Gasteiger partial charge in [0.05, 0.1) is 23.7 Å². The first-order chi connectivity index (χ1) is 13.9. The van der Waals surface area contributed by atoms with Gasteiger partial charge in [-0.3, -0.25) is 4.79 Å². The molecule has 0 aromatic heterocycles. The Morgan fingerprint density at radius 3 is 2.69 bits per heavy atom. The number of nitrogens with zero attached hydrogens (tertiary/aromatic N) is 1. The van der Waals surface area contributed by atoms with Gasteiger partial charge in [-0.15, -0.1) is 0 Å². The van der Waals surface area contributed by atoms with E-state index >= 15 is 0 Å². The number of carbonyl (C=O) groups is 1. The summed E-state index contributed by atoms with van der Waals surface area (Å²) in [5.74, 6) is 0.264. The van der Waals surface area contributed by atoms with Gasteiger partial charge in [0.2, 0.25) is 0 Å². The third-order valence-electron chi connectivity index (χ3n) is 4.43. The van der Waals surface area contributed by atoms with Gasteiger partial charge in [0.15, 0.2) is 5.78 Å². The molecule has 0 unspecified atom stereocenters. The number of rotatable bonds is 7. The second-order valence-electron chi connectivity index (χ2n) is 6.43. The highest BCUT2D eigenvalue weighted by atomic mass is 79.9. The molecule has 0 radical (unpaired) electrons. The summed E-state index contributed by atoms with van der Waals surface area (Å²) in [7, 11) is 1.62. The van der Waals surface area contributed by atoms with Crippen molar-refractivity contribution in [2.45, 2.75) is 13.5 Å². The number of hydrogen-bond donors (Lipinski definition) is 0. The van der Waals surface area contributed by atoms with Crippen LogP contribution < -0.4 is 4.74 Å². The number of benzene rings is 3. The number of ketones is 1. The Hall–Kier alpha value is -2.08. The third-order valence-corrected chi connectivity index (χ3v) is 5.84. The third kappa shape index (κ3) is 5.10. The van der Waals surface area contributed by atoms with E-state index in [-0.39, 0.29) is 12.4 Å². The molecular weight excluding hydrogens is 477 g/mol. The molecule has 0 aliphatic carbocycles. The molecule has 0 heterocycles. The Morgan fingerprint density at radius 1 is 1.17 bits per heavy atom. The van der Waals surface area contributed by atoms with Crippen molar-refractivity contribution in [2.75, 3.05) is 7.11 Å². The molecule has 3 aromatic rings. The monoisotopic (exact) mass is 493 g/mol. The summed E-state index contributed by atoms with van der Waals surface area (Å²) in [6.45, 7) is 1.97. The highest BCUT2D eigenvalue weighted by Gasteiger charge is 2.15. The highest BCUT2D eigenvalue weighted by Crippen LogP contribution is 2.33. The van der Waals surface area contributed by atoms with Gasteiger partial charge in [-0.1, -0.05) is 52.6 Å². The van der Waals surface area contributed by atoms with Gasteiger partial charge in [-0.05, 0) is 57.9 Å². The number of fused-ring (bicyclic) bond motifs is 1. The van der Waals surface area contributed by atoms with Crippen molar-refractivity contribution in [3.05, 3.63) is 74.2 Å². The number of ether oxygens (including phenoxy) is 1. The predicted molar refractivity (Wildman–Crippen MR) is 121 cm³/mol. The molecule has 0 aliphatic rings. The molecule has 0 bridgehead atoms. The summed E-state index contributed by atoms with van der Waals surface area (Å²) in [6, 6.07) is 14.5. The minimum absolute atomic E-state index is 0.0456. The van der Waals surface area contributed by atoms with Gasteiger partial charge in [-0.2, -0.15) is 0 Å². The SMILES string of the molecule is COc1ccc2cc(C(=O)[C@@H](C)/C=N\OCc3ccc(Cl)cc3Cl)ccc2c1Br. The minimum Gasteiger partial charge on any atom is -0.496 e. The van der Waals surface area contributed by atoms with Crippen LogP contribution in [0.4, 0.5) is 0 Å². The van der Waals surface area contributed by atoms with Crippen molar-refractivity contribution < 1.29 is 14.4 Å². The molecule has 4 nitrogen and oxygen atoms in total. The number of halogens is 3. The van der Waals surface area contributed by atoms with Crippen LogP contribution in [0.2, 0.25) is 10.0 Å². The quantitative estimate of drug-likeness (QED) is 0.203. The number of methoxy groups -OCH3 is 1. The lowest BCUT2D eigenvalue weighted by atomic mass is 9.97. The second kappa shape index (κ2) is 9.61. The lowest BCUT2D eigenvalue weighted by molar-refractivity contribution is 0.0955. The first-order valence-corrected chi connectivity index (χ1v) is 10.4. The van der Waals surface area contributed by atoms with Crippen molar-refractivity contribution in [3.63, 3.8) is 0 Å². The summed E-state index contributed by atoms with van der Waals surface area (Å²) in [6.07, 6.45) is 1.49. The Kier molecular flexibility index (Phi) is 7.17. The lowest BCUT2D eigenvalue weighted by Gasteiger charge is -2.10. The van der Waals surface area contributed by atoms with Gasteiger partial charge >= 0.3 is 0 Å². The number of carbonyl (C=O) groups excluding carboxylic acids is 1. The zero-order valence-corrected chi connectivity index (χ0v) is 18.9. The molecular formula is C22H18BrCl2NO3. The summed E-state index contributed by atoms with van der Waals surface area (Å²) < 4.78 is 6.17.